The molecule has 0 radical (unpaired) electrons. The van der Waals surface area contributed by atoms with Gasteiger partial charge in [-0.3, -0.25) is 14.8 Å². The zero-order valence-corrected chi connectivity index (χ0v) is 15.4. The number of hydrogen-bond acceptors (Lipinski definition) is 7. The average Bonchev–Trinajstić information content (AvgIpc) is 3.22. The highest BCUT2D eigenvalue weighted by Gasteiger charge is 2.20. The van der Waals surface area contributed by atoms with Crippen LogP contribution in [0.5, 0.6) is 5.88 Å². The van der Waals surface area contributed by atoms with Gasteiger partial charge >= 0.3 is 4.87 Å². The van der Waals surface area contributed by atoms with E-state index in [-0.39, 0.29) is 10.8 Å². The first-order valence-corrected chi connectivity index (χ1v) is 9.41. The summed E-state index contributed by atoms with van der Waals surface area (Å²) in [6.45, 7) is 5.07. The maximum Gasteiger partial charge on any atom is 0.307 e. The molecule has 1 aliphatic rings. The minimum atomic E-state index is -0.304. The Morgan fingerprint density at radius 3 is 3.00 bits per heavy atom. The van der Waals surface area contributed by atoms with Crippen LogP contribution >= 0.6 is 11.3 Å². The summed E-state index contributed by atoms with van der Waals surface area (Å²) in [5.41, 5.74) is 1.40. The summed E-state index contributed by atoms with van der Waals surface area (Å²) in [6, 6.07) is 2.27. The van der Waals surface area contributed by atoms with Gasteiger partial charge in [-0.05, 0) is 24.8 Å². The summed E-state index contributed by atoms with van der Waals surface area (Å²) in [5.74, 6) is 1.09. The Kier molecular flexibility index (Phi) is 4.23. The maximum atomic E-state index is 11.4. The van der Waals surface area contributed by atoms with E-state index in [1.165, 1.54) is 0 Å². The molecule has 1 saturated carbocycles. The van der Waals surface area contributed by atoms with Gasteiger partial charge in [-0.2, -0.15) is 9.61 Å². The van der Waals surface area contributed by atoms with Gasteiger partial charge in [-0.15, -0.1) is 0 Å². The number of fused-ring (bicyclic) bond motifs is 1. The van der Waals surface area contributed by atoms with E-state index in [2.05, 4.69) is 34.2 Å². The molecule has 0 aliphatic heterocycles. The summed E-state index contributed by atoms with van der Waals surface area (Å²) in [4.78, 5) is 23.3. The normalized spacial score (nSPS) is 16.1. The molecule has 9 heteroatoms. The second kappa shape index (κ2) is 6.56. The number of aromatic amines is 1. The van der Waals surface area contributed by atoms with E-state index in [0.717, 1.165) is 47.2 Å². The quantitative estimate of drug-likeness (QED) is 0.616. The van der Waals surface area contributed by atoms with Gasteiger partial charge in [0.25, 0.3) is 0 Å². The van der Waals surface area contributed by atoms with E-state index in [1.807, 2.05) is 6.07 Å². The molecule has 0 saturated heterocycles. The second-order valence-corrected chi connectivity index (χ2v) is 7.86. The van der Waals surface area contributed by atoms with Crippen LogP contribution in [0.4, 0.5) is 5.82 Å². The molecule has 0 unspecified atom stereocenters. The Balaban J connectivity index is 1.88. The molecule has 0 amide bonds. The van der Waals surface area contributed by atoms with Crippen LogP contribution in [0.1, 0.15) is 31.6 Å². The maximum absolute atomic E-state index is 11.4. The van der Waals surface area contributed by atoms with E-state index in [0.29, 0.717) is 22.5 Å². The van der Waals surface area contributed by atoms with Gasteiger partial charge in [0.2, 0.25) is 5.88 Å². The van der Waals surface area contributed by atoms with E-state index < -0.39 is 0 Å². The number of hydrogen-bond donors (Lipinski definition) is 3. The van der Waals surface area contributed by atoms with Gasteiger partial charge in [0, 0.05) is 17.8 Å². The van der Waals surface area contributed by atoms with E-state index in [9.17, 15) is 9.90 Å². The van der Waals surface area contributed by atoms with Crippen LogP contribution in [0.2, 0.25) is 0 Å². The van der Waals surface area contributed by atoms with Crippen molar-refractivity contribution in [2.24, 2.45) is 10.9 Å². The summed E-state index contributed by atoms with van der Waals surface area (Å²) in [7, 11) is 0. The van der Waals surface area contributed by atoms with E-state index in [1.54, 1.807) is 16.8 Å². The molecule has 136 valence electrons. The lowest BCUT2D eigenvalue weighted by Crippen LogP contribution is -2.21. The third kappa shape index (κ3) is 3.48. The van der Waals surface area contributed by atoms with Gasteiger partial charge in [0.1, 0.15) is 5.82 Å². The SMILES string of the molecule is CC(C)CNc1cc(=NC2CC2)n2nc/c(=C/c3sc(=O)[nH]c3O)c2n1. The predicted molar refractivity (Wildman–Crippen MR) is 100 cm³/mol. The molecule has 8 nitrogen and oxygen atoms in total. The Labute approximate surface area is 152 Å². The molecule has 1 aliphatic carbocycles. The molecule has 3 heterocycles. The van der Waals surface area contributed by atoms with Crippen LogP contribution in [-0.2, 0) is 0 Å². The monoisotopic (exact) mass is 372 g/mol. The number of H-pyrrole nitrogens is 1. The molecule has 0 aromatic carbocycles. The Hall–Kier alpha value is -2.68. The zero-order chi connectivity index (χ0) is 18.3. The van der Waals surface area contributed by atoms with Crippen molar-refractivity contribution in [3.63, 3.8) is 0 Å². The first-order valence-electron chi connectivity index (χ1n) is 8.60. The van der Waals surface area contributed by atoms with Gasteiger partial charge < -0.3 is 10.4 Å². The van der Waals surface area contributed by atoms with Gasteiger partial charge in [0.05, 0.1) is 17.1 Å². The van der Waals surface area contributed by atoms with Crippen molar-refractivity contribution in [3.05, 3.63) is 37.5 Å². The molecule has 1 fully saturated rings. The van der Waals surface area contributed by atoms with Crippen molar-refractivity contribution in [1.29, 1.82) is 0 Å². The zero-order valence-electron chi connectivity index (χ0n) is 14.6. The standard InChI is InChI=1S/C17H20N6O2S/c1-9(2)7-18-13-6-14(20-11-3-4-11)23-15(21-13)10(8-19-23)5-12-16(24)22-17(25)26-12/h5-6,8-9,11,18,24H,3-4,7H2,1-2H3,(H,22,25)/b10-5-,20-14?. The molecular weight excluding hydrogens is 352 g/mol. The van der Waals surface area contributed by atoms with Crippen LogP contribution < -0.4 is 20.9 Å². The van der Waals surface area contributed by atoms with Crippen molar-refractivity contribution in [2.45, 2.75) is 32.7 Å². The lowest BCUT2D eigenvalue weighted by atomic mass is 10.2. The van der Waals surface area contributed by atoms with Crippen molar-refractivity contribution >= 4 is 28.9 Å². The number of nitrogens with one attached hydrogen (secondary N) is 2. The number of thiazole rings is 1. The molecule has 0 bridgehead atoms. The fourth-order valence-corrected chi connectivity index (χ4v) is 3.20. The molecule has 0 atom stereocenters. The number of nitrogens with zero attached hydrogens (tertiary/aromatic N) is 4. The molecule has 26 heavy (non-hydrogen) atoms. The molecule has 3 N–H and O–H groups in total. The highest BCUT2D eigenvalue weighted by atomic mass is 32.1. The second-order valence-electron chi connectivity index (χ2n) is 6.84. The number of aromatic hydroxyl groups is 1. The fraction of sp³-hybridized carbons (Fsp3) is 0.412. The summed E-state index contributed by atoms with van der Waals surface area (Å²) < 4.78 is 1.71. The van der Waals surface area contributed by atoms with Crippen molar-refractivity contribution in [3.8, 4) is 5.88 Å². The van der Waals surface area contributed by atoms with Gasteiger partial charge in [0.15, 0.2) is 11.1 Å². The minimum Gasteiger partial charge on any atom is -0.493 e. The number of rotatable bonds is 5. The number of aromatic nitrogens is 4. The van der Waals surface area contributed by atoms with Crippen LogP contribution in [0.3, 0.4) is 0 Å². The Morgan fingerprint density at radius 2 is 2.35 bits per heavy atom. The lowest BCUT2D eigenvalue weighted by Gasteiger charge is -2.08. The first-order chi connectivity index (χ1) is 12.5. The van der Waals surface area contributed by atoms with Crippen LogP contribution in [0.25, 0.3) is 11.7 Å². The molecule has 0 spiro atoms. The highest BCUT2D eigenvalue weighted by Crippen LogP contribution is 2.22. The van der Waals surface area contributed by atoms with Gasteiger partial charge in [-0.25, -0.2) is 4.98 Å². The van der Waals surface area contributed by atoms with Crippen LogP contribution in [0.15, 0.2) is 22.1 Å². The topological polar surface area (TPSA) is 108 Å². The van der Waals surface area contributed by atoms with Crippen molar-refractivity contribution in [1.82, 2.24) is 19.6 Å². The summed E-state index contributed by atoms with van der Waals surface area (Å²) in [6.07, 6.45) is 5.58. The lowest BCUT2D eigenvalue weighted by molar-refractivity contribution is 0.455. The first kappa shape index (κ1) is 16.8. The third-order valence-corrected chi connectivity index (χ3v) is 4.80. The average molecular weight is 372 g/mol. The van der Waals surface area contributed by atoms with Crippen LogP contribution in [0, 0.1) is 5.92 Å². The largest absolute Gasteiger partial charge is 0.493 e. The fourth-order valence-electron chi connectivity index (χ4n) is 2.52. The van der Waals surface area contributed by atoms with Crippen LogP contribution in [-0.4, -0.2) is 37.3 Å². The molecule has 3 aromatic heterocycles. The summed E-state index contributed by atoms with van der Waals surface area (Å²) >= 11 is 0.944. The third-order valence-electron chi connectivity index (χ3n) is 3.98. The molecule has 4 rings (SSSR count). The smallest absolute Gasteiger partial charge is 0.307 e. The Morgan fingerprint density at radius 1 is 1.54 bits per heavy atom. The van der Waals surface area contributed by atoms with Crippen molar-refractivity contribution in [2.75, 3.05) is 11.9 Å². The summed E-state index contributed by atoms with van der Waals surface area (Å²) in [5, 5.41) is 18.3. The van der Waals surface area contributed by atoms with E-state index >= 15 is 0 Å². The highest BCUT2D eigenvalue weighted by molar-refractivity contribution is 7.10. The van der Waals surface area contributed by atoms with Gasteiger partial charge in [-0.1, -0.05) is 25.2 Å². The minimum absolute atomic E-state index is 0.142. The molecule has 3 aromatic rings. The van der Waals surface area contributed by atoms with Crippen molar-refractivity contribution < 1.29 is 5.11 Å². The van der Waals surface area contributed by atoms with E-state index in [4.69, 9.17) is 4.99 Å². The predicted octanol–water partition coefficient (Wildman–Crippen LogP) is 0.863. The molecular formula is C17H20N6O2S. The number of anilines is 1. The Bertz CT molecular complexity index is 1120.